The predicted molar refractivity (Wildman–Crippen MR) is 93.6 cm³/mol. The Kier molecular flexibility index (Phi) is 3.95. The van der Waals surface area contributed by atoms with Gasteiger partial charge in [-0.3, -0.25) is 4.79 Å². The lowest BCUT2D eigenvalue weighted by Gasteiger charge is -2.18. The van der Waals surface area contributed by atoms with E-state index < -0.39 is 0 Å². The minimum absolute atomic E-state index is 0.136. The third kappa shape index (κ3) is 3.13. The fourth-order valence-electron chi connectivity index (χ4n) is 3.17. The van der Waals surface area contributed by atoms with Gasteiger partial charge < -0.3 is 14.8 Å². The van der Waals surface area contributed by atoms with Crippen LogP contribution in [-0.4, -0.2) is 19.1 Å². The van der Waals surface area contributed by atoms with Crippen LogP contribution in [0, 0.1) is 0 Å². The Morgan fingerprint density at radius 3 is 2.71 bits per heavy atom. The Hall–Kier alpha value is -2.75. The lowest BCUT2D eigenvalue weighted by molar-refractivity contribution is -0.111. The number of amides is 1. The summed E-state index contributed by atoms with van der Waals surface area (Å²) >= 11 is 0. The summed E-state index contributed by atoms with van der Waals surface area (Å²) in [5.41, 5.74) is 4.51. The van der Waals surface area contributed by atoms with E-state index in [1.165, 1.54) is 17.5 Å². The van der Waals surface area contributed by atoms with Gasteiger partial charge in [0.1, 0.15) is 13.2 Å². The molecule has 24 heavy (non-hydrogen) atoms. The average molecular weight is 321 g/mol. The first-order chi connectivity index (χ1) is 11.8. The molecule has 1 amide bonds. The van der Waals surface area contributed by atoms with E-state index in [2.05, 4.69) is 17.4 Å². The minimum Gasteiger partial charge on any atom is -0.486 e. The molecule has 4 rings (SSSR count). The number of fused-ring (bicyclic) bond motifs is 2. The van der Waals surface area contributed by atoms with E-state index >= 15 is 0 Å². The Labute approximate surface area is 141 Å². The zero-order valence-electron chi connectivity index (χ0n) is 13.4. The molecule has 1 N–H and O–H groups in total. The zero-order valence-corrected chi connectivity index (χ0v) is 13.4. The molecule has 2 aromatic carbocycles. The number of carbonyl (C=O) groups is 1. The van der Waals surface area contributed by atoms with Crippen molar-refractivity contribution in [2.75, 3.05) is 18.5 Å². The third-order valence-corrected chi connectivity index (χ3v) is 4.36. The summed E-state index contributed by atoms with van der Waals surface area (Å²) in [6.07, 6.45) is 6.77. The summed E-state index contributed by atoms with van der Waals surface area (Å²) in [5.74, 6) is 1.34. The molecule has 0 radical (unpaired) electrons. The Bertz CT molecular complexity index is 811. The second-order valence-electron chi connectivity index (χ2n) is 6.06. The van der Waals surface area contributed by atoms with Gasteiger partial charge in [0, 0.05) is 11.8 Å². The van der Waals surface area contributed by atoms with Gasteiger partial charge >= 0.3 is 0 Å². The molecule has 0 unspecified atom stereocenters. The number of carbonyl (C=O) groups excluding carboxylic acids is 1. The quantitative estimate of drug-likeness (QED) is 0.879. The molecule has 1 aliphatic carbocycles. The van der Waals surface area contributed by atoms with Crippen molar-refractivity contribution in [1.82, 2.24) is 0 Å². The van der Waals surface area contributed by atoms with Gasteiger partial charge in [-0.25, -0.2) is 0 Å². The zero-order chi connectivity index (χ0) is 16.4. The molecule has 0 bridgehead atoms. The fourth-order valence-corrected chi connectivity index (χ4v) is 3.17. The van der Waals surface area contributed by atoms with Crippen molar-refractivity contribution in [3.8, 4) is 11.5 Å². The Morgan fingerprint density at radius 2 is 1.79 bits per heavy atom. The highest BCUT2D eigenvalue weighted by molar-refractivity contribution is 6.02. The molecule has 1 heterocycles. The fraction of sp³-hybridized carbons (Fsp3) is 0.250. The summed E-state index contributed by atoms with van der Waals surface area (Å²) in [6.45, 7) is 1.13. The van der Waals surface area contributed by atoms with E-state index in [1.54, 1.807) is 12.2 Å². The first kappa shape index (κ1) is 14.8. The second-order valence-corrected chi connectivity index (χ2v) is 6.06. The molecule has 2 aliphatic rings. The summed E-state index contributed by atoms with van der Waals surface area (Å²) in [7, 11) is 0. The third-order valence-electron chi connectivity index (χ3n) is 4.36. The number of hydrogen-bond acceptors (Lipinski definition) is 3. The van der Waals surface area contributed by atoms with Gasteiger partial charge in [0.25, 0.3) is 0 Å². The van der Waals surface area contributed by atoms with E-state index in [9.17, 15) is 4.79 Å². The average Bonchev–Trinajstić information content (AvgIpc) is 3.07. The van der Waals surface area contributed by atoms with E-state index in [0.717, 1.165) is 35.6 Å². The van der Waals surface area contributed by atoms with Gasteiger partial charge in [-0.15, -0.1) is 0 Å². The number of hydrogen-bond donors (Lipinski definition) is 1. The maximum Gasteiger partial charge on any atom is 0.248 e. The molecule has 4 heteroatoms. The maximum atomic E-state index is 12.1. The van der Waals surface area contributed by atoms with Gasteiger partial charge in [0.05, 0.1) is 0 Å². The molecule has 0 saturated carbocycles. The molecular formula is C20H19NO3. The van der Waals surface area contributed by atoms with Crippen molar-refractivity contribution >= 4 is 17.7 Å². The van der Waals surface area contributed by atoms with Crippen molar-refractivity contribution in [2.24, 2.45) is 0 Å². The van der Waals surface area contributed by atoms with E-state index in [1.807, 2.05) is 24.3 Å². The van der Waals surface area contributed by atoms with Crippen LogP contribution in [0.2, 0.25) is 0 Å². The minimum atomic E-state index is -0.136. The van der Waals surface area contributed by atoms with E-state index in [-0.39, 0.29) is 5.91 Å². The summed E-state index contributed by atoms with van der Waals surface area (Å²) in [6, 6.07) is 11.8. The van der Waals surface area contributed by atoms with Crippen molar-refractivity contribution in [2.45, 2.75) is 19.3 Å². The lowest BCUT2D eigenvalue weighted by atomic mass is 10.1. The molecule has 2 aromatic rings. The Morgan fingerprint density at radius 1 is 0.958 bits per heavy atom. The van der Waals surface area contributed by atoms with Crippen LogP contribution in [0.4, 0.5) is 5.69 Å². The normalized spacial score (nSPS) is 15.3. The lowest BCUT2D eigenvalue weighted by Crippen LogP contribution is -2.15. The van der Waals surface area contributed by atoms with Crippen molar-refractivity contribution in [1.29, 1.82) is 0 Å². The highest BCUT2D eigenvalue weighted by atomic mass is 16.6. The standard InChI is InChI=1S/C20H19NO3/c22-20(21-17-7-6-15-2-1-3-16(15)13-17)9-5-14-4-8-18-19(12-14)24-11-10-23-18/h4-9,12-13H,1-3,10-11H2,(H,21,22)/b9-5+. The molecule has 0 fully saturated rings. The SMILES string of the molecule is O=C(/C=C/c1ccc2c(c1)OCCO2)Nc1ccc2c(c1)CCC2. The first-order valence-electron chi connectivity index (χ1n) is 8.28. The topological polar surface area (TPSA) is 47.6 Å². The molecule has 1 aliphatic heterocycles. The summed E-state index contributed by atoms with van der Waals surface area (Å²) in [4.78, 5) is 12.1. The number of nitrogens with one attached hydrogen (secondary N) is 1. The molecule has 0 spiro atoms. The Balaban J connectivity index is 1.43. The number of anilines is 1. The van der Waals surface area contributed by atoms with Gasteiger partial charge in [-0.05, 0) is 66.3 Å². The number of rotatable bonds is 3. The van der Waals surface area contributed by atoms with Gasteiger partial charge in [-0.1, -0.05) is 12.1 Å². The summed E-state index contributed by atoms with van der Waals surface area (Å²) in [5, 5.41) is 2.92. The van der Waals surface area contributed by atoms with Crippen LogP contribution < -0.4 is 14.8 Å². The van der Waals surface area contributed by atoms with Gasteiger partial charge in [0.15, 0.2) is 11.5 Å². The second kappa shape index (κ2) is 6.40. The highest BCUT2D eigenvalue weighted by Gasteiger charge is 2.12. The van der Waals surface area contributed by atoms with Crippen LogP contribution >= 0.6 is 0 Å². The largest absolute Gasteiger partial charge is 0.486 e. The summed E-state index contributed by atoms with van der Waals surface area (Å²) < 4.78 is 11.0. The van der Waals surface area contributed by atoms with E-state index in [4.69, 9.17) is 9.47 Å². The molecule has 0 aromatic heterocycles. The number of aryl methyl sites for hydroxylation is 2. The van der Waals surface area contributed by atoms with Gasteiger partial charge in [0.2, 0.25) is 5.91 Å². The smallest absolute Gasteiger partial charge is 0.248 e. The first-order valence-corrected chi connectivity index (χ1v) is 8.28. The molecule has 4 nitrogen and oxygen atoms in total. The molecular weight excluding hydrogens is 302 g/mol. The van der Waals surface area contributed by atoms with Crippen LogP contribution in [0.3, 0.4) is 0 Å². The van der Waals surface area contributed by atoms with Crippen LogP contribution in [0.15, 0.2) is 42.5 Å². The maximum absolute atomic E-state index is 12.1. The number of benzene rings is 2. The molecule has 0 saturated heterocycles. The van der Waals surface area contributed by atoms with Crippen molar-refractivity contribution in [3.63, 3.8) is 0 Å². The molecule has 122 valence electrons. The highest BCUT2D eigenvalue weighted by Crippen LogP contribution is 2.31. The van der Waals surface area contributed by atoms with Crippen LogP contribution in [0.5, 0.6) is 11.5 Å². The van der Waals surface area contributed by atoms with Crippen LogP contribution in [0.25, 0.3) is 6.08 Å². The van der Waals surface area contributed by atoms with E-state index in [0.29, 0.717) is 13.2 Å². The molecule has 0 atom stereocenters. The van der Waals surface area contributed by atoms with Crippen molar-refractivity contribution < 1.29 is 14.3 Å². The monoisotopic (exact) mass is 321 g/mol. The van der Waals surface area contributed by atoms with Crippen molar-refractivity contribution in [3.05, 3.63) is 59.2 Å². The van der Waals surface area contributed by atoms with Crippen LogP contribution in [0.1, 0.15) is 23.1 Å². The number of ether oxygens (including phenoxy) is 2. The van der Waals surface area contributed by atoms with Crippen LogP contribution in [-0.2, 0) is 17.6 Å². The van der Waals surface area contributed by atoms with Gasteiger partial charge in [-0.2, -0.15) is 0 Å². The predicted octanol–water partition coefficient (Wildman–Crippen LogP) is 3.60.